The Morgan fingerprint density at radius 3 is 2.32 bits per heavy atom. The van der Waals surface area contributed by atoms with Gasteiger partial charge in [0.2, 0.25) is 0 Å². The monoisotopic (exact) mass is 272 g/mol. The molecule has 1 saturated heterocycles. The molecule has 0 aromatic heterocycles. The van der Waals surface area contributed by atoms with Crippen molar-refractivity contribution in [2.45, 2.75) is 64.3 Å². The molecule has 0 amide bonds. The van der Waals surface area contributed by atoms with Crippen molar-refractivity contribution in [3.8, 4) is 0 Å². The van der Waals surface area contributed by atoms with Crippen LogP contribution in [0.3, 0.4) is 0 Å². The molecule has 19 heavy (non-hydrogen) atoms. The Labute approximate surface area is 121 Å². The van der Waals surface area contributed by atoms with Crippen LogP contribution in [0.2, 0.25) is 29.7 Å². The van der Waals surface area contributed by atoms with Crippen molar-refractivity contribution in [1.29, 1.82) is 0 Å². The fraction of sp³-hybridized carbons (Fsp3) is 0.647. The summed E-state index contributed by atoms with van der Waals surface area (Å²) in [6.45, 7) is 15.8. The molecule has 1 aromatic carbocycles. The summed E-state index contributed by atoms with van der Waals surface area (Å²) in [4.78, 5) is 0. The third-order valence-corrected chi connectivity index (χ3v) is 11.9. The minimum absolute atomic E-state index is 0.471. The highest BCUT2D eigenvalue weighted by Crippen LogP contribution is 2.52. The van der Waals surface area contributed by atoms with E-state index in [1.807, 2.05) is 0 Å². The van der Waals surface area contributed by atoms with Gasteiger partial charge in [0, 0.05) is 0 Å². The second-order valence-electron chi connectivity index (χ2n) is 7.69. The molecule has 2 unspecified atom stereocenters. The fourth-order valence-electron chi connectivity index (χ4n) is 4.05. The summed E-state index contributed by atoms with van der Waals surface area (Å²) in [7, 11) is -1.28. The fourth-order valence-corrected chi connectivity index (χ4v) is 8.67. The maximum Gasteiger partial charge on any atom is 0.146 e. The van der Waals surface area contributed by atoms with Crippen molar-refractivity contribution in [2.75, 3.05) is 0 Å². The zero-order chi connectivity index (χ0) is 14.3. The van der Waals surface area contributed by atoms with Crippen LogP contribution in [-0.2, 0) is 0 Å². The Kier molecular flexibility index (Phi) is 4.02. The maximum absolute atomic E-state index is 2.61. The van der Waals surface area contributed by atoms with Gasteiger partial charge in [0.05, 0.1) is 8.07 Å². The minimum Gasteiger partial charge on any atom is -0.0758 e. The number of benzene rings is 1. The first-order chi connectivity index (χ1) is 8.80. The SMILES string of the molecule is CC(C)C(C)(C)B1CC[Si](C)(c2ccccc2)C1C. The number of hydrogen-bond donors (Lipinski definition) is 0. The van der Waals surface area contributed by atoms with Gasteiger partial charge in [-0.1, -0.05) is 99.8 Å². The van der Waals surface area contributed by atoms with Crippen molar-refractivity contribution in [1.82, 2.24) is 0 Å². The van der Waals surface area contributed by atoms with Gasteiger partial charge in [0.15, 0.2) is 0 Å². The summed E-state index contributed by atoms with van der Waals surface area (Å²) < 4.78 is 0. The maximum atomic E-state index is 2.61. The van der Waals surface area contributed by atoms with Crippen LogP contribution in [0.1, 0.15) is 34.6 Å². The van der Waals surface area contributed by atoms with Crippen LogP contribution in [0.5, 0.6) is 0 Å². The van der Waals surface area contributed by atoms with Crippen LogP contribution in [0, 0.1) is 5.92 Å². The molecule has 0 saturated carbocycles. The lowest BCUT2D eigenvalue weighted by Crippen LogP contribution is -2.48. The summed E-state index contributed by atoms with van der Waals surface area (Å²) >= 11 is 0. The van der Waals surface area contributed by atoms with Gasteiger partial charge in [0.1, 0.15) is 6.71 Å². The van der Waals surface area contributed by atoms with E-state index in [-0.39, 0.29) is 0 Å². The van der Waals surface area contributed by atoms with Gasteiger partial charge in [0.25, 0.3) is 0 Å². The average molecular weight is 272 g/mol. The van der Waals surface area contributed by atoms with E-state index in [9.17, 15) is 0 Å². The molecule has 1 aliphatic rings. The lowest BCUT2D eigenvalue weighted by molar-refractivity contribution is 0.463. The minimum atomic E-state index is -1.28. The van der Waals surface area contributed by atoms with Gasteiger partial charge in [-0.05, 0) is 5.92 Å². The van der Waals surface area contributed by atoms with Crippen LogP contribution in [0.15, 0.2) is 30.3 Å². The molecular formula is C17H29BSi. The molecule has 1 aromatic rings. The van der Waals surface area contributed by atoms with Gasteiger partial charge in [-0.25, -0.2) is 0 Å². The van der Waals surface area contributed by atoms with Crippen LogP contribution in [0.25, 0.3) is 0 Å². The summed E-state index contributed by atoms with van der Waals surface area (Å²) in [5.41, 5.74) is 0.896. The predicted octanol–water partition coefficient (Wildman–Crippen LogP) is 4.85. The average Bonchev–Trinajstić information content (AvgIpc) is 2.69. The van der Waals surface area contributed by atoms with Gasteiger partial charge >= 0.3 is 0 Å². The van der Waals surface area contributed by atoms with Crippen molar-refractivity contribution < 1.29 is 0 Å². The molecule has 2 atom stereocenters. The standard InChI is InChI=1S/C17H29BSi/c1-14(2)17(4,5)18-12-13-19(6,15(18)3)16-10-8-7-9-11-16/h7-11,14-15H,12-13H2,1-6H3. The quantitative estimate of drug-likeness (QED) is 0.690. The summed E-state index contributed by atoms with van der Waals surface area (Å²) in [5, 5.41) is 2.14. The molecule has 0 N–H and O–H groups in total. The Balaban J connectivity index is 2.30. The van der Waals surface area contributed by atoms with Crippen molar-refractivity contribution in [2.24, 2.45) is 5.92 Å². The first-order valence-electron chi connectivity index (χ1n) is 7.85. The van der Waals surface area contributed by atoms with E-state index in [1.165, 1.54) is 12.4 Å². The van der Waals surface area contributed by atoms with Gasteiger partial charge in [-0.15, -0.1) is 0 Å². The summed E-state index contributed by atoms with van der Waals surface area (Å²) in [6, 6.07) is 12.8. The Bertz CT molecular complexity index is 426. The highest BCUT2D eigenvalue weighted by atomic mass is 28.3. The normalized spacial score (nSPS) is 28.2. The highest BCUT2D eigenvalue weighted by Gasteiger charge is 2.52. The van der Waals surface area contributed by atoms with Crippen LogP contribution < -0.4 is 5.19 Å². The van der Waals surface area contributed by atoms with E-state index in [2.05, 4.69) is 71.5 Å². The van der Waals surface area contributed by atoms with Gasteiger partial charge in [-0.3, -0.25) is 0 Å². The zero-order valence-electron chi connectivity index (χ0n) is 13.5. The van der Waals surface area contributed by atoms with Crippen molar-refractivity contribution in [3.05, 3.63) is 30.3 Å². The van der Waals surface area contributed by atoms with E-state index in [0.717, 1.165) is 18.1 Å². The lowest BCUT2D eigenvalue weighted by atomic mass is 9.29. The van der Waals surface area contributed by atoms with E-state index >= 15 is 0 Å². The lowest BCUT2D eigenvalue weighted by Gasteiger charge is -2.39. The molecule has 2 rings (SSSR count). The van der Waals surface area contributed by atoms with E-state index in [4.69, 9.17) is 0 Å². The van der Waals surface area contributed by atoms with Crippen LogP contribution >= 0.6 is 0 Å². The molecule has 0 nitrogen and oxygen atoms in total. The second-order valence-corrected chi connectivity index (χ2v) is 12.5. The molecular weight excluding hydrogens is 243 g/mol. The predicted molar refractivity (Wildman–Crippen MR) is 91.4 cm³/mol. The molecule has 1 aliphatic heterocycles. The van der Waals surface area contributed by atoms with Crippen molar-refractivity contribution in [3.63, 3.8) is 0 Å². The van der Waals surface area contributed by atoms with Crippen LogP contribution in [-0.4, -0.2) is 14.8 Å². The van der Waals surface area contributed by atoms with Gasteiger partial charge in [-0.2, -0.15) is 0 Å². The van der Waals surface area contributed by atoms with E-state index in [1.54, 1.807) is 5.19 Å². The molecule has 2 heteroatoms. The summed E-state index contributed by atoms with van der Waals surface area (Å²) in [5.74, 6) is 0.770. The first-order valence-corrected chi connectivity index (χ1v) is 10.6. The third kappa shape index (κ3) is 2.44. The van der Waals surface area contributed by atoms with Crippen molar-refractivity contribution >= 4 is 20.0 Å². The van der Waals surface area contributed by atoms with Crippen LogP contribution in [0.4, 0.5) is 0 Å². The Morgan fingerprint density at radius 2 is 1.79 bits per heavy atom. The smallest absolute Gasteiger partial charge is 0.0758 e. The third-order valence-electron chi connectivity index (χ3n) is 6.46. The molecule has 104 valence electrons. The molecule has 1 heterocycles. The van der Waals surface area contributed by atoms with E-state index in [0.29, 0.717) is 5.31 Å². The molecule has 0 aliphatic carbocycles. The first kappa shape index (κ1) is 14.9. The number of rotatable bonds is 3. The molecule has 1 fully saturated rings. The Hall–Kier alpha value is -0.498. The molecule has 0 spiro atoms. The molecule has 0 radical (unpaired) electrons. The van der Waals surface area contributed by atoms with Gasteiger partial charge < -0.3 is 0 Å². The molecule has 0 bridgehead atoms. The Morgan fingerprint density at radius 1 is 1.21 bits per heavy atom. The second kappa shape index (κ2) is 5.12. The zero-order valence-corrected chi connectivity index (χ0v) is 14.5. The number of hydrogen-bond acceptors (Lipinski definition) is 0. The van der Waals surface area contributed by atoms with E-state index < -0.39 is 8.07 Å². The highest BCUT2D eigenvalue weighted by molar-refractivity contribution is 7.03. The largest absolute Gasteiger partial charge is 0.146 e. The summed E-state index contributed by atoms with van der Waals surface area (Å²) in [6.07, 6.45) is 1.43. The topological polar surface area (TPSA) is 0 Å².